The molecular weight excluding hydrogens is 258 g/mol. The van der Waals surface area contributed by atoms with Gasteiger partial charge in [-0.15, -0.1) is 0 Å². The molecule has 0 radical (unpaired) electrons. The van der Waals surface area contributed by atoms with E-state index in [1.807, 2.05) is 0 Å². The molecule has 0 amide bonds. The zero-order valence-electron chi connectivity index (χ0n) is 9.73. The molecule has 2 rings (SSSR count). The molecule has 18 heavy (non-hydrogen) atoms. The number of carboxylic acid groups (broad SMARTS) is 1. The van der Waals surface area contributed by atoms with Crippen LogP contribution in [0.15, 0.2) is 22.6 Å². The van der Waals surface area contributed by atoms with Crippen LogP contribution in [-0.2, 0) is 0 Å². The summed E-state index contributed by atoms with van der Waals surface area (Å²) >= 11 is 5.98. The number of halogens is 1. The first kappa shape index (κ1) is 12.4. The first-order valence-electron chi connectivity index (χ1n) is 5.07. The zero-order valence-corrected chi connectivity index (χ0v) is 10.5. The summed E-state index contributed by atoms with van der Waals surface area (Å²) in [5.41, 5.74) is 0.917. The minimum absolute atomic E-state index is 0.169. The van der Waals surface area contributed by atoms with Gasteiger partial charge in [-0.25, -0.2) is 9.78 Å². The van der Waals surface area contributed by atoms with E-state index < -0.39 is 5.97 Å². The lowest BCUT2D eigenvalue weighted by Gasteiger charge is -2.03. The largest absolute Gasteiger partial charge is 0.495 e. The van der Waals surface area contributed by atoms with Gasteiger partial charge in [0, 0.05) is 5.56 Å². The fourth-order valence-electron chi connectivity index (χ4n) is 1.52. The Morgan fingerprint density at radius 1 is 1.50 bits per heavy atom. The zero-order chi connectivity index (χ0) is 13.3. The molecule has 5 nitrogen and oxygen atoms in total. The highest BCUT2D eigenvalue weighted by Gasteiger charge is 2.17. The summed E-state index contributed by atoms with van der Waals surface area (Å²) in [4.78, 5) is 14.9. The average molecular weight is 268 g/mol. The maximum Gasteiger partial charge on any atom is 0.373 e. The van der Waals surface area contributed by atoms with Gasteiger partial charge < -0.3 is 14.3 Å². The van der Waals surface area contributed by atoms with Crippen molar-refractivity contribution in [1.82, 2.24) is 4.98 Å². The van der Waals surface area contributed by atoms with Gasteiger partial charge in [0.15, 0.2) is 0 Å². The summed E-state index contributed by atoms with van der Waals surface area (Å²) in [7, 11) is 1.51. The second-order valence-electron chi connectivity index (χ2n) is 3.59. The minimum Gasteiger partial charge on any atom is -0.495 e. The van der Waals surface area contributed by atoms with Gasteiger partial charge in [0.2, 0.25) is 11.7 Å². The van der Waals surface area contributed by atoms with Crippen molar-refractivity contribution >= 4 is 17.6 Å². The predicted octanol–water partition coefficient (Wildman–Crippen LogP) is 3.01. The molecule has 94 valence electrons. The Morgan fingerprint density at radius 3 is 2.72 bits per heavy atom. The maximum atomic E-state index is 10.9. The van der Waals surface area contributed by atoms with Gasteiger partial charge in [-0.2, -0.15) is 0 Å². The number of ether oxygens (including phenoxy) is 1. The number of benzene rings is 1. The predicted molar refractivity (Wildman–Crippen MR) is 65.2 cm³/mol. The molecule has 0 aliphatic rings. The highest BCUT2D eigenvalue weighted by atomic mass is 35.5. The molecular formula is C12H10ClNO4. The van der Waals surface area contributed by atoms with Gasteiger partial charge in [0.1, 0.15) is 5.75 Å². The number of carboxylic acids is 1. The number of methoxy groups -OCH3 is 1. The lowest BCUT2D eigenvalue weighted by atomic mass is 10.2. The third-order valence-electron chi connectivity index (χ3n) is 2.39. The lowest BCUT2D eigenvalue weighted by molar-refractivity contribution is 0.0662. The molecule has 0 fully saturated rings. The average Bonchev–Trinajstić information content (AvgIpc) is 2.71. The Hall–Kier alpha value is -2.01. The standard InChI is InChI=1S/C12H10ClNO4/c1-6-10(12(15)16)18-11(14-6)7-3-4-9(17-2)8(13)5-7/h3-5H,1-2H3,(H,15,16). The van der Waals surface area contributed by atoms with Crippen LogP contribution in [-0.4, -0.2) is 23.2 Å². The summed E-state index contributed by atoms with van der Waals surface area (Å²) in [6.45, 7) is 1.57. The quantitative estimate of drug-likeness (QED) is 0.925. The summed E-state index contributed by atoms with van der Waals surface area (Å²) in [5, 5.41) is 9.29. The molecule has 1 heterocycles. The van der Waals surface area contributed by atoms with Crippen molar-refractivity contribution in [1.29, 1.82) is 0 Å². The number of carbonyl (C=O) groups is 1. The van der Waals surface area contributed by atoms with E-state index in [1.54, 1.807) is 25.1 Å². The molecule has 0 atom stereocenters. The Kier molecular flexibility index (Phi) is 3.25. The van der Waals surface area contributed by atoms with Gasteiger partial charge in [-0.3, -0.25) is 0 Å². The van der Waals surface area contributed by atoms with Gasteiger partial charge in [0.05, 0.1) is 17.8 Å². The third-order valence-corrected chi connectivity index (χ3v) is 2.68. The van der Waals surface area contributed by atoms with Crippen LogP contribution in [0.1, 0.15) is 16.2 Å². The number of aromatic carboxylic acids is 1. The highest BCUT2D eigenvalue weighted by Crippen LogP contribution is 2.30. The van der Waals surface area contributed by atoms with Crippen molar-refractivity contribution in [2.45, 2.75) is 6.92 Å². The highest BCUT2D eigenvalue weighted by molar-refractivity contribution is 6.32. The Labute approximate surface area is 108 Å². The number of rotatable bonds is 3. The SMILES string of the molecule is COc1ccc(-c2nc(C)c(C(=O)O)o2)cc1Cl. The second-order valence-corrected chi connectivity index (χ2v) is 4.00. The van der Waals surface area contributed by atoms with E-state index in [4.69, 9.17) is 25.9 Å². The minimum atomic E-state index is -1.15. The fraction of sp³-hybridized carbons (Fsp3) is 0.167. The second kappa shape index (κ2) is 4.70. The lowest BCUT2D eigenvalue weighted by Crippen LogP contribution is -1.95. The van der Waals surface area contributed by atoms with Crippen molar-refractivity contribution in [3.63, 3.8) is 0 Å². The number of aryl methyl sites for hydroxylation is 1. The Balaban J connectivity index is 2.46. The summed E-state index contributed by atoms with van der Waals surface area (Å²) < 4.78 is 10.2. The summed E-state index contributed by atoms with van der Waals surface area (Å²) in [5.74, 6) is -0.570. The van der Waals surface area contributed by atoms with Crippen LogP contribution in [0.4, 0.5) is 0 Å². The number of hydrogen-bond donors (Lipinski definition) is 1. The van der Waals surface area contributed by atoms with Crippen LogP contribution < -0.4 is 4.74 Å². The van der Waals surface area contributed by atoms with Crippen LogP contribution in [0.2, 0.25) is 5.02 Å². The van der Waals surface area contributed by atoms with Crippen molar-refractivity contribution in [3.8, 4) is 17.2 Å². The molecule has 1 aromatic heterocycles. The maximum absolute atomic E-state index is 10.9. The van der Waals surface area contributed by atoms with Gasteiger partial charge >= 0.3 is 5.97 Å². The molecule has 0 saturated heterocycles. The first-order chi connectivity index (χ1) is 8.52. The molecule has 0 spiro atoms. The molecule has 1 N–H and O–H groups in total. The first-order valence-corrected chi connectivity index (χ1v) is 5.45. The summed E-state index contributed by atoms with van der Waals surface area (Å²) in [6, 6.07) is 4.97. The van der Waals surface area contributed by atoms with Gasteiger partial charge in [0.25, 0.3) is 0 Å². The van der Waals surface area contributed by atoms with Gasteiger partial charge in [-0.1, -0.05) is 11.6 Å². The smallest absolute Gasteiger partial charge is 0.373 e. The number of hydrogen-bond acceptors (Lipinski definition) is 4. The van der Waals surface area contributed by atoms with Crippen molar-refractivity contribution in [3.05, 3.63) is 34.7 Å². The van der Waals surface area contributed by atoms with Crippen LogP contribution in [0.5, 0.6) is 5.75 Å². The van der Waals surface area contributed by atoms with E-state index >= 15 is 0 Å². The topological polar surface area (TPSA) is 72.6 Å². The molecule has 0 bridgehead atoms. The molecule has 6 heteroatoms. The van der Waals surface area contributed by atoms with Crippen molar-refractivity contribution in [2.75, 3.05) is 7.11 Å². The van der Waals surface area contributed by atoms with Crippen LogP contribution in [0, 0.1) is 6.92 Å². The van der Waals surface area contributed by atoms with E-state index in [2.05, 4.69) is 4.98 Å². The van der Waals surface area contributed by atoms with E-state index in [1.165, 1.54) is 7.11 Å². The molecule has 0 saturated carbocycles. The Bertz CT molecular complexity index is 606. The molecule has 2 aromatic rings. The van der Waals surface area contributed by atoms with E-state index in [-0.39, 0.29) is 11.7 Å². The molecule has 1 aromatic carbocycles. The summed E-state index contributed by atoms with van der Waals surface area (Å²) in [6.07, 6.45) is 0. The Morgan fingerprint density at radius 2 is 2.22 bits per heavy atom. The number of nitrogens with zero attached hydrogens (tertiary/aromatic N) is 1. The normalized spacial score (nSPS) is 10.4. The van der Waals surface area contributed by atoms with E-state index in [0.717, 1.165) is 0 Å². The molecule has 0 aliphatic carbocycles. The van der Waals surface area contributed by atoms with Crippen molar-refractivity contribution in [2.24, 2.45) is 0 Å². The fourth-order valence-corrected chi connectivity index (χ4v) is 1.78. The number of oxazole rings is 1. The van der Waals surface area contributed by atoms with Crippen molar-refractivity contribution < 1.29 is 19.1 Å². The van der Waals surface area contributed by atoms with E-state index in [9.17, 15) is 4.79 Å². The number of aromatic nitrogens is 1. The van der Waals surface area contributed by atoms with E-state index in [0.29, 0.717) is 22.0 Å². The monoisotopic (exact) mass is 267 g/mol. The van der Waals surface area contributed by atoms with Crippen LogP contribution in [0.25, 0.3) is 11.5 Å². The molecule has 0 unspecified atom stereocenters. The van der Waals surface area contributed by atoms with Gasteiger partial charge in [-0.05, 0) is 25.1 Å². The van der Waals surface area contributed by atoms with Crippen LogP contribution in [0.3, 0.4) is 0 Å². The van der Waals surface area contributed by atoms with Crippen LogP contribution >= 0.6 is 11.6 Å². The third kappa shape index (κ3) is 2.17. The molecule has 0 aliphatic heterocycles.